The van der Waals surface area contributed by atoms with Crippen LogP contribution in [0.15, 0.2) is 48.5 Å². The van der Waals surface area contributed by atoms with E-state index in [2.05, 4.69) is 29.4 Å². The molecule has 2 saturated heterocycles. The topological polar surface area (TPSA) is 164 Å². The van der Waals surface area contributed by atoms with Gasteiger partial charge in [-0.2, -0.15) is 0 Å². The number of aliphatic hydroxyl groups is 1. The zero-order valence-electron chi connectivity index (χ0n) is 21.8. The fraction of sp³-hybridized carbons (Fsp3) is 0.429. The van der Waals surface area contributed by atoms with Crippen LogP contribution in [0.25, 0.3) is 0 Å². The zero-order chi connectivity index (χ0) is 29.7. The smallest absolute Gasteiger partial charge is 0.336 e. The van der Waals surface area contributed by atoms with E-state index >= 15 is 0 Å². The van der Waals surface area contributed by atoms with Gasteiger partial charge in [-0.15, -0.1) is 0 Å². The Hall–Kier alpha value is -3.18. The van der Waals surface area contributed by atoms with Crippen molar-refractivity contribution in [2.24, 2.45) is 5.92 Å². The highest BCUT2D eigenvalue weighted by Crippen LogP contribution is 2.49. The lowest BCUT2D eigenvalue weighted by Crippen LogP contribution is -2.62. The second-order valence-electron chi connectivity index (χ2n) is 10.3. The molecule has 40 heavy (non-hydrogen) atoms. The third-order valence-electron chi connectivity index (χ3n) is 7.68. The molecule has 0 radical (unpaired) electrons. The lowest BCUT2D eigenvalue weighted by atomic mass is 9.66. The van der Waals surface area contributed by atoms with Gasteiger partial charge in [-0.1, -0.05) is 59.6 Å². The first kappa shape index (κ1) is 31.3. The zero-order valence-corrected chi connectivity index (χ0v) is 23.4. The molecule has 1 saturated carbocycles. The molecule has 1 atom stereocenters. The molecule has 2 heterocycles. The first-order valence-electron chi connectivity index (χ1n) is 12.7. The molecule has 2 aromatic rings. The highest BCUT2D eigenvalue weighted by molar-refractivity contribution is 6.39. The van der Waals surface area contributed by atoms with Crippen molar-refractivity contribution in [1.82, 2.24) is 10.2 Å². The van der Waals surface area contributed by atoms with Crippen molar-refractivity contribution in [1.29, 1.82) is 0 Å². The highest BCUT2D eigenvalue weighted by Gasteiger charge is 2.50. The quantitative estimate of drug-likeness (QED) is 0.287. The number of carboxylic acids is 3. The maximum atomic E-state index is 13.2. The summed E-state index contributed by atoms with van der Waals surface area (Å²) in [5.41, 5.74) is -1.33. The van der Waals surface area contributed by atoms with Gasteiger partial charge in [0.05, 0.1) is 34.5 Å². The molecule has 10 nitrogen and oxygen atoms in total. The normalized spacial score (nSPS) is 21.1. The van der Waals surface area contributed by atoms with Crippen LogP contribution in [0.5, 0.6) is 0 Å². The number of carboxylic acid groups (broad SMARTS) is 3. The van der Waals surface area contributed by atoms with Gasteiger partial charge in [0.15, 0.2) is 5.60 Å². The van der Waals surface area contributed by atoms with Gasteiger partial charge in [-0.05, 0) is 56.3 Å². The molecule has 2 aliphatic heterocycles. The van der Waals surface area contributed by atoms with Gasteiger partial charge in [0, 0.05) is 12.1 Å². The van der Waals surface area contributed by atoms with Crippen LogP contribution in [0, 0.1) is 5.92 Å². The van der Waals surface area contributed by atoms with Crippen molar-refractivity contribution in [2.45, 2.75) is 55.7 Å². The number of benzene rings is 2. The predicted molar refractivity (Wildman–Crippen MR) is 148 cm³/mol. The van der Waals surface area contributed by atoms with E-state index in [0.29, 0.717) is 15.6 Å². The Morgan fingerprint density at radius 3 is 1.93 bits per heavy atom. The second kappa shape index (κ2) is 13.0. The Kier molecular flexibility index (Phi) is 10.2. The van der Waals surface area contributed by atoms with Gasteiger partial charge in [-0.25, -0.2) is 4.79 Å². The molecule has 5 N–H and O–H groups in total. The predicted octanol–water partition coefficient (Wildman–Crippen LogP) is 4.09. The first-order chi connectivity index (χ1) is 18.8. The van der Waals surface area contributed by atoms with Crippen molar-refractivity contribution in [3.05, 3.63) is 69.7 Å². The van der Waals surface area contributed by atoms with Crippen LogP contribution >= 0.6 is 23.2 Å². The Bertz CT molecular complexity index is 1210. The van der Waals surface area contributed by atoms with Crippen molar-refractivity contribution >= 4 is 47.0 Å². The lowest BCUT2D eigenvalue weighted by molar-refractivity contribution is -0.170. The van der Waals surface area contributed by atoms with Crippen molar-refractivity contribution in [3.8, 4) is 0 Å². The van der Waals surface area contributed by atoms with Crippen LogP contribution in [0.2, 0.25) is 10.0 Å². The summed E-state index contributed by atoms with van der Waals surface area (Å²) in [4.78, 5) is 46.1. The number of likely N-dealkylation sites (N-methyl/N-ethyl adjacent to an activating group) is 1. The minimum Gasteiger partial charge on any atom is -0.481 e. The summed E-state index contributed by atoms with van der Waals surface area (Å²) >= 11 is 12.6. The number of rotatable bonds is 9. The van der Waals surface area contributed by atoms with Crippen LogP contribution < -0.4 is 5.32 Å². The van der Waals surface area contributed by atoms with Gasteiger partial charge in [0.25, 0.3) is 5.91 Å². The van der Waals surface area contributed by atoms with Crippen LogP contribution in [-0.4, -0.2) is 73.9 Å². The molecule has 5 rings (SSSR count). The number of hydrogen-bond donors (Lipinski definition) is 5. The largest absolute Gasteiger partial charge is 0.481 e. The number of hydrogen-bond acceptors (Lipinski definition) is 6. The molecule has 3 aliphatic rings. The number of amides is 1. The van der Waals surface area contributed by atoms with E-state index in [1.54, 1.807) is 18.2 Å². The summed E-state index contributed by atoms with van der Waals surface area (Å²) < 4.78 is 0. The van der Waals surface area contributed by atoms with Gasteiger partial charge >= 0.3 is 17.9 Å². The van der Waals surface area contributed by atoms with Crippen molar-refractivity contribution in [2.75, 3.05) is 13.6 Å². The maximum absolute atomic E-state index is 13.2. The van der Waals surface area contributed by atoms with Crippen molar-refractivity contribution in [3.63, 3.8) is 0 Å². The number of nitrogens with zero attached hydrogens (tertiary/aromatic N) is 1. The highest BCUT2D eigenvalue weighted by atomic mass is 35.5. The van der Waals surface area contributed by atoms with Crippen molar-refractivity contribution < 1.29 is 39.6 Å². The maximum Gasteiger partial charge on any atom is 0.336 e. The van der Waals surface area contributed by atoms with Crippen LogP contribution in [0.3, 0.4) is 0 Å². The van der Waals surface area contributed by atoms with Crippen LogP contribution in [0.1, 0.15) is 60.5 Å². The SMILES string of the molecule is CN1CC2CCC1([C@H](NC(=O)c1c(Cl)cccc1Cl)c1ccccc1)CC2.O=C(O)CC(O)(CC(=O)O)C(=O)O. The van der Waals surface area contributed by atoms with Gasteiger partial charge in [0.2, 0.25) is 0 Å². The number of halogens is 2. The summed E-state index contributed by atoms with van der Waals surface area (Å²) in [6, 6.07) is 15.3. The van der Waals surface area contributed by atoms with E-state index in [4.69, 9.17) is 43.6 Å². The monoisotopic (exact) mass is 594 g/mol. The summed E-state index contributed by atoms with van der Waals surface area (Å²) in [6.07, 6.45) is 2.32. The molecule has 0 spiro atoms. The molecule has 1 amide bonds. The summed E-state index contributed by atoms with van der Waals surface area (Å²) in [5, 5.41) is 37.9. The van der Waals surface area contributed by atoms with E-state index < -0.39 is 36.4 Å². The summed E-state index contributed by atoms with van der Waals surface area (Å²) in [7, 11) is 2.19. The van der Waals surface area contributed by atoms with Gasteiger partial charge in [0.1, 0.15) is 0 Å². The number of fused-ring (bicyclic) bond motifs is 3. The number of piperidine rings is 2. The average Bonchev–Trinajstić information content (AvgIpc) is 2.88. The molecule has 0 unspecified atom stereocenters. The second-order valence-corrected chi connectivity index (χ2v) is 11.1. The molecular formula is C28H32Cl2N2O8. The number of carbonyl (C=O) groups excluding carboxylic acids is 1. The average molecular weight is 595 g/mol. The fourth-order valence-electron chi connectivity index (χ4n) is 5.63. The molecular weight excluding hydrogens is 563 g/mol. The minimum atomic E-state index is -2.74. The number of carbonyl (C=O) groups is 4. The molecule has 12 heteroatoms. The molecule has 2 bridgehead atoms. The fourth-order valence-corrected chi connectivity index (χ4v) is 6.19. The molecule has 0 aromatic heterocycles. The van der Waals surface area contributed by atoms with E-state index in [-0.39, 0.29) is 17.5 Å². The molecule has 216 valence electrons. The van der Waals surface area contributed by atoms with Crippen LogP contribution in [0.4, 0.5) is 0 Å². The molecule has 2 aromatic carbocycles. The molecule has 3 fully saturated rings. The lowest BCUT2D eigenvalue weighted by Gasteiger charge is -2.57. The third-order valence-corrected chi connectivity index (χ3v) is 8.31. The summed E-state index contributed by atoms with van der Waals surface area (Å²) in [5.74, 6) is -4.45. The Morgan fingerprint density at radius 1 is 0.950 bits per heavy atom. The standard InChI is InChI=1S/C22H24Cl2N2O.C6H8O7/c1-26-14-15-10-12-22(26,13-11-15)20(16-6-3-2-4-7-16)25-21(27)19-17(23)8-5-9-18(19)24;7-3(8)1-6(13,5(11)12)2-4(9)10/h2-9,15,20H,10-14H2,1H3,(H,25,27);13H,1-2H2,(H,7,8)(H,9,10)(H,11,12)/t15?,20-,22?;/m1./s1. The number of nitrogens with one attached hydrogen (secondary N) is 1. The minimum absolute atomic E-state index is 0.0699. The van der Waals surface area contributed by atoms with Gasteiger partial charge < -0.3 is 25.7 Å². The first-order valence-corrected chi connectivity index (χ1v) is 13.4. The third kappa shape index (κ3) is 7.11. The Labute approximate surface area is 241 Å². The van der Waals surface area contributed by atoms with E-state index in [1.807, 2.05) is 18.2 Å². The number of aliphatic carboxylic acids is 3. The molecule has 1 aliphatic carbocycles. The van der Waals surface area contributed by atoms with Gasteiger partial charge in [-0.3, -0.25) is 19.3 Å². The van der Waals surface area contributed by atoms with E-state index in [0.717, 1.165) is 30.9 Å². The van der Waals surface area contributed by atoms with Crippen LogP contribution in [-0.2, 0) is 14.4 Å². The van der Waals surface area contributed by atoms with E-state index in [1.165, 1.54) is 12.8 Å². The van der Waals surface area contributed by atoms with E-state index in [9.17, 15) is 19.2 Å². The Balaban J connectivity index is 0.000000289. The summed E-state index contributed by atoms with van der Waals surface area (Å²) in [6.45, 7) is 1.09. The Morgan fingerprint density at radius 2 is 1.48 bits per heavy atom.